The lowest BCUT2D eigenvalue weighted by Crippen LogP contribution is -2.65. The van der Waals surface area contributed by atoms with Gasteiger partial charge in [0.15, 0.2) is 9.84 Å². The van der Waals surface area contributed by atoms with E-state index >= 15 is 0 Å². The minimum absolute atomic E-state index is 0.0189. The molecule has 1 aliphatic heterocycles. The largest absolute Gasteiger partial charge is 0.342 e. The first-order valence-electron chi connectivity index (χ1n) is 7.04. The van der Waals surface area contributed by atoms with Gasteiger partial charge in [-0.15, -0.1) is 0 Å². The van der Waals surface area contributed by atoms with E-state index in [-0.39, 0.29) is 35.8 Å². The van der Waals surface area contributed by atoms with E-state index < -0.39 is 21.9 Å². The van der Waals surface area contributed by atoms with Gasteiger partial charge < -0.3 is 10.2 Å². The first-order chi connectivity index (χ1) is 9.23. The van der Waals surface area contributed by atoms with Crippen LogP contribution in [0.2, 0.25) is 0 Å². The van der Waals surface area contributed by atoms with Gasteiger partial charge in [-0.1, -0.05) is 27.7 Å². The number of amides is 2. The summed E-state index contributed by atoms with van der Waals surface area (Å²) < 4.78 is 23.2. The number of rotatable bonds is 6. The summed E-state index contributed by atoms with van der Waals surface area (Å²) in [5.41, 5.74) is 0. The first kappa shape index (κ1) is 16.9. The highest BCUT2D eigenvalue weighted by Crippen LogP contribution is 2.17. The summed E-state index contributed by atoms with van der Waals surface area (Å²) >= 11 is 0. The summed E-state index contributed by atoms with van der Waals surface area (Å²) in [7, 11) is -3.15. The maximum atomic E-state index is 12.4. The Hall–Kier alpha value is -1.11. The number of carbonyl (C=O) groups excluding carboxylic acids is 2. The summed E-state index contributed by atoms with van der Waals surface area (Å²) in [5.74, 6) is -0.442. The average molecular weight is 304 g/mol. The van der Waals surface area contributed by atoms with Gasteiger partial charge in [-0.25, -0.2) is 8.42 Å². The average Bonchev–Trinajstić information content (AvgIpc) is 2.38. The van der Waals surface area contributed by atoms with E-state index in [1.165, 1.54) is 4.90 Å². The number of hydrogen-bond donors (Lipinski definition) is 1. The number of carbonyl (C=O) groups is 2. The molecule has 1 N–H and O–H groups in total. The molecule has 6 nitrogen and oxygen atoms in total. The molecule has 1 aliphatic rings. The lowest BCUT2D eigenvalue weighted by molar-refractivity contribution is -0.150. The minimum atomic E-state index is -3.15. The van der Waals surface area contributed by atoms with E-state index in [9.17, 15) is 18.0 Å². The number of nitrogens with zero attached hydrogens (tertiary/aromatic N) is 1. The fraction of sp³-hybridized carbons (Fsp3) is 0.846. The van der Waals surface area contributed by atoms with E-state index in [1.54, 1.807) is 6.92 Å². The highest BCUT2D eigenvalue weighted by atomic mass is 32.2. The third-order valence-electron chi connectivity index (χ3n) is 3.66. The van der Waals surface area contributed by atoms with Crippen molar-refractivity contribution < 1.29 is 18.0 Å². The standard InChI is InChI=1S/C13H24N2O4S/c1-5-10-12(16)14-11(9(3)4)13(17)15(10)7-8-20(18,19)6-2/h9-11H,5-8H2,1-4H3,(H,14,16). The maximum Gasteiger partial charge on any atom is 0.246 e. The highest BCUT2D eigenvalue weighted by Gasteiger charge is 2.40. The summed E-state index contributed by atoms with van der Waals surface area (Å²) in [6.45, 7) is 7.19. The second kappa shape index (κ2) is 6.56. The van der Waals surface area contributed by atoms with Crippen LogP contribution in [0.5, 0.6) is 0 Å². The van der Waals surface area contributed by atoms with Crippen LogP contribution in [0.1, 0.15) is 34.1 Å². The lowest BCUT2D eigenvalue weighted by Gasteiger charge is -2.40. The monoisotopic (exact) mass is 304 g/mol. The Bertz CT molecular complexity index is 473. The van der Waals surface area contributed by atoms with Crippen LogP contribution in [0.4, 0.5) is 0 Å². The van der Waals surface area contributed by atoms with Gasteiger partial charge in [0.05, 0.1) is 5.75 Å². The zero-order valence-electron chi connectivity index (χ0n) is 12.5. The zero-order chi connectivity index (χ0) is 15.5. The Balaban J connectivity index is 2.91. The molecule has 0 aromatic rings. The third-order valence-corrected chi connectivity index (χ3v) is 5.35. The number of sulfone groups is 1. The second-order valence-electron chi connectivity index (χ2n) is 5.42. The van der Waals surface area contributed by atoms with Crippen LogP contribution in [0.15, 0.2) is 0 Å². The molecule has 0 aromatic carbocycles. The van der Waals surface area contributed by atoms with E-state index in [4.69, 9.17) is 0 Å². The van der Waals surface area contributed by atoms with Gasteiger partial charge in [0.25, 0.3) is 0 Å². The van der Waals surface area contributed by atoms with Crippen LogP contribution < -0.4 is 5.32 Å². The van der Waals surface area contributed by atoms with Gasteiger partial charge in [0, 0.05) is 12.3 Å². The molecule has 20 heavy (non-hydrogen) atoms. The Kier molecular flexibility index (Phi) is 5.56. The van der Waals surface area contributed by atoms with Crippen molar-refractivity contribution in [1.82, 2.24) is 10.2 Å². The molecule has 0 spiro atoms. The van der Waals surface area contributed by atoms with Crippen molar-refractivity contribution in [3.63, 3.8) is 0 Å². The van der Waals surface area contributed by atoms with Crippen LogP contribution in [0, 0.1) is 5.92 Å². The van der Waals surface area contributed by atoms with Crippen molar-refractivity contribution in [2.24, 2.45) is 5.92 Å². The van der Waals surface area contributed by atoms with Crippen LogP contribution in [0.3, 0.4) is 0 Å². The predicted molar refractivity (Wildman–Crippen MR) is 76.9 cm³/mol. The molecule has 0 saturated carbocycles. The molecule has 2 amide bonds. The zero-order valence-corrected chi connectivity index (χ0v) is 13.4. The summed E-state index contributed by atoms with van der Waals surface area (Å²) in [6, 6.07) is -1.13. The summed E-state index contributed by atoms with van der Waals surface area (Å²) in [6.07, 6.45) is 0.481. The summed E-state index contributed by atoms with van der Waals surface area (Å²) in [4.78, 5) is 25.9. The van der Waals surface area contributed by atoms with Crippen molar-refractivity contribution in [2.45, 2.75) is 46.2 Å². The summed E-state index contributed by atoms with van der Waals surface area (Å²) in [5, 5.41) is 2.73. The van der Waals surface area contributed by atoms with Gasteiger partial charge in [-0.3, -0.25) is 9.59 Å². The van der Waals surface area contributed by atoms with E-state index in [2.05, 4.69) is 5.32 Å². The minimum Gasteiger partial charge on any atom is -0.342 e. The molecule has 7 heteroatoms. The van der Waals surface area contributed by atoms with Crippen LogP contribution in [0.25, 0.3) is 0 Å². The van der Waals surface area contributed by atoms with Crippen molar-refractivity contribution in [3.8, 4) is 0 Å². The van der Waals surface area contributed by atoms with Gasteiger partial charge >= 0.3 is 0 Å². The topological polar surface area (TPSA) is 83.6 Å². The number of piperazine rings is 1. The molecule has 0 aromatic heterocycles. The Labute approximate surface area is 120 Å². The molecule has 1 rings (SSSR count). The van der Waals surface area contributed by atoms with E-state index in [0.29, 0.717) is 6.42 Å². The van der Waals surface area contributed by atoms with Gasteiger partial charge in [-0.2, -0.15) is 0 Å². The lowest BCUT2D eigenvalue weighted by atomic mass is 9.97. The molecule has 0 aliphatic carbocycles. The third kappa shape index (κ3) is 3.71. The van der Waals surface area contributed by atoms with Crippen molar-refractivity contribution in [3.05, 3.63) is 0 Å². The van der Waals surface area contributed by atoms with E-state index in [1.807, 2.05) is 20.8 Å². The molecule has 0 bridgehead atoms. The molecule has 0 radical (unpaired) electrons. The van der Waals surface area contributed by atoms with Gasteiger partial charge in [0.1, 0.15) is 12.1 Å². The first-order valence-corrected chi connectivity index (χ1v) is 8.86. The van der Waals surface area contributed by atoms with Crippen LogP contribution in [-0.4, -0.2) is 55.3 Å². The quantitative estimate of drug-likeness (QED) is 0.759. The Morgan fingerprint density at radius 2 is 1.85 bits per heavy atom. The van der Waals surface area contributed by atoms with Gasteiger partial charge in [-0.05, 0) is 12.3 Å². The number of hydrogen-bond acceptors (Lipinski definition) is 4. The molecule has 1 heterocycles. The predicted octanol–water partition coefficient (Wildman–Crippen LogP) is 0.183. The SMILES string of the molecule is CCC1C(=O)NC(C(C)C)C(=O)N1CCS(=O)(=O)CC. The smallest absolute Gasteiger partial charge is 0.246 e. The van der Waals surface area contributed by atoms with Gasteiger partial charge in [0.2, 0.25) is 11.8 Å². The molecule has 2 unspecified atom stereocenters. The molecule has 2 atom stereocenters. The van der Waals surface area contributed by atoms with Crippen molar-refractivity contribution in [2.75, 3.05) is 18.1 Å². The Morgan fingerprint density at radius 1 is 1.25 bits per heavy atom. The van der Waals surface area contributed by atoms with Crippen LogP contribution >= 0.6 is 0 Å². The molecular weight excluding hydrogens is 280 g/mol. The molecule has 1 fully saturated rings. The Morgan fingerprint density at radius 3 is 2.30 bits per heavy atom. The molecule has 116 valence electrons. The van der Waals surface area contributed by atoms with Crippen LogP contribution in [-0.2, 0) is 19.4 Å². The highest BCUT2D eigenvalue weighted by molar-refractivity contribution is 7.91. The van der Waals surface area contributed by atoms with E-state index in [0.717, 1.165) is 0 Å². The second-order valence-corrected chi connectivity index (χ2v) is 7.90. The fourth-order valence-electron chi connectivity index (χ4n) is 2.29. The fourth-order valence-corrected chi connectivity index (χ4v) is 3.05. The van der Waals surface area contributed by atoms with Crippen molar-refractivity contribution >= 4 is 21.7 Å². The number of nitrogens with one attached hydrogen (secondary N) is 1. The molecular formula is C13H24N2O4S. The molecule has 1 saturated heterocycles. The maximum absolute atomic E-state index is 12.4. The van der Waals surface area contributed by atoms with Crippen molar-refractivity contribution in [1.29, 1.82) is 0 Å². The normalized spacial score (nSPS) is 24.1.